The zero-order valence-corrected chi connectivity index (χ0v) is 22.4. The van der Waals surface area contributed by atoms with E-state index in [9.17, 15) is 13.6 Å². The van der Waals surface area contributed by atoms with Crippen molar-refractivity contribution in [2.45, 2.75) is 32.0 Å². The lowest BCUT2D eigenvalue weighted by atomic mass is 10.0. The van der Waals surface area contributed by atoms with E-state index in [1.54, 1.807) is 24.3 Å². The van der Waals surface area contributed by atoms with Crippen LogP contribution < -0.4 is 0 Å². The molecule has 0 amide bonds. The van der Waals surface area contributed by atoms with E-state index in [1.165, 1.54) is 43.2 Å². The first-order chi connectivity index (χ1) is 18.8. The van der Waals surface area contributed by atoms with Gasteiger partial charge in [0.2, 0.25) is 0 Å². The van der Waals surface area contributed by atoms with Crippen LogP contribution in [0, 0.1) is 11.6 Å². The predicted molar refractivity (Wildman–Crippen MR) is 148 cm³/mol. The SMILES string of the molecule is CC(O)C(=O)O.Fc1ccc(C(OCCN2CCN(CCCc3ccccc3)CC2)c2ccc(F)cc2)cc1. The van der Waals surface area contributed by atoms with Crippen molar-refractivity contribution in [3.63, 3.8) is 0 Å². The van der Waals surface area contributed by atoms with E-state index in [0.717, 1.165) is 56.8 Å². The number of carboxylic acid groups (broad SMARTS) is 1. The molecule has 0 radical (unpaired) electrons. The van der Waals surface area contributed by atoms with Crippen LogP contribution >= 0.6 is 0 Å². The average Bonchev–Trinajstić information content (AvgIpc) is 2.94. The van der Waals surface area contributed by atoms with E-state index >= 15 is 0 Å². The Morgan fingerprint density at radius 2 is 1.28 bits per heavy atom. The van der Waals surface area contributed by atoms with Crippen LogP contribution in [0.1, 0.15) is 36.1 Å². The van der Waals surface area contributed by atoms with Crippen LogP contribution in [0.25, 0.3) is 0 Å². The van der Waals surface area contributed by atoms with Crippen LogP contribution in [0.2, 0.25) is 0 Å². The summed E-state index contributed by atoms with van der Waals surface area (Å²) < 4.78 is 33.0. The van der Waals surface area contributed by atoms with Crippen molar-refractivity contribution in [2.24, 2.45) is 0 Å². The second-order valence-corrected chi connectivity index (χ2v) is 9.64. The maximum absolute atomic E-state index is 13.4. The maximum Gasteiger partial charge on any atom is 0.332 e. The normalized spacial score (nSPS) is 15.0. The van der Waals surface area contributed by atoms with Crippen LogP contribution in [-0.4, -0.2) is 78.0 Å². The van der Waals surface area contributed by atoms with Crippen LogP contribution in [-0.2, 0) is 16.0 Å². The van der Waals surface area contributed by atoms with Crippen LogP contribution in [0.15, 0.2) is 78.9 Å². The van der Waals surface area contributed by atoms with E-state index in [2.05, 4.69) is 40.1 Å². The minimum absolute atomic E-state index is 0.279. The van der Waals surface area contributed by atoms with E-state index in [4.69, 9.17) is 14.9 Å². The van der Waals surface area contributed by atoms with Crippen LogP contribution in [0.5, 0.6) is 0 Å². The van der Waals surface area contributed by atoms with E-state index in [-0.39, 0.29) is 17.7 Å². The van der Waals surface area contributed by atoms with E-state index in [1.807, 2.05) is 0 Å². The molecule has 8 heteroatoms. The van der Waals surface area contributed by atoms with Crippen LogP contribution in [0.3, 0.4) is 0 Å². The average molecular weight is 541 g/mol. The van der Waals surface area contributed by atoms with Gasteiger partial charge < -0.3 is 19.8 Å². The van der Waals surface area contributed by atoms with E-state index in [0.29, 0.717) is 6.61 Å². The Kier molecular flexibility index (Phi) is 12.5. The fourth-order valence-electron chi connectivity index (χ4n) is 4.35. The molecule has 1 heterocycles. The number of aliphatic hydroxyl groups excluding tert-OH is 1. The first-order valence-electron chi connectivity index (χ1n) is 13.3. The lowest BCUT2D eigenvalue weighted by Gasteiger charge is -2.35. The molecule has 0 aliphatic carbocycles. The lowest BCUT2D eigenvalue weighted by Crippen LogP contribution is -2.47. The molecule has 2 N–H and O–H groups in total. The summed E-state index contributed by atoms with van der Waals surface area (Å²) in [5, 5.41) is 15.8. The van der Waals surface area contributed by atoms with Gasteiger partial charge in [0.1, 0.15) is 23.8 Å². The van der Waals surface area contributed by atoms with Gasteiger partial charge in [0.05, 0.1) is 6.61 Å². The number of halogens is 2. The molecule has 210 valence electrons. The Balaban J connectivity index is 0.000000631. The number of aryl methyl sites for hydroxylation is 1. The summed E-state index contributed by atoms with van der Waals surface area (Å²) in [5.74, 6) is -1.74. The fraction of sp³-hybridized carbons (Fsp3) is 0.387. The second-order valence-electron chi connectivity index (χ2n) is 9.64. The third kappa shape index (κ3) is 10.8. The van der Waals surface area contributed by atoms with Crippen molar-refractivity contribution in [3.8, 4) is 0 Å². The fourth-order valence-corrected chi connectivity index (χ4v) is 4.35. The highest BCUT2D eigenvalue weighted by Crippen LogP contribution is 2.26. The summed E-state index contributed by atoms with van der Waals surface area (Å²) in [4.78, 5) is 14.4. The highest BCUT2D eigenvalue weighted by molar-refractivity contribution is 5.71. The number of ether oxygens (including phenoxy) is 1. The molecular formula is C31H38F2N2O4. The summed E-state index contributed by atoms with van der Waals surface area (Å²) in [6.45, 7) is 7.96. The number of hydrogen-bond acceptors (Lipinski definition) is 5. The van der Waals surface area contributed by atoms with Gasteiger partial charge in [-0.25, -0.2) is 13.6 Å². The molecule has 6 nitrogen and oxygen atoms in total. The molecule has 1 aliphatic rings. The Morgan fingerprint density at radius 3 is 1.74 bits per heavy atom. The summed E-state index contributed by atoms with van der Waals surface area (Å²) in [7, 11) is 0. The number of aliphatic carboxylic acids is 1. The van der Waals surface area contributed by atoms with E-state index < -0.39 is 12.1 Å². The highest BCUT2D eigenvalue weighted by atomic mass is 19.1. The molecule has 1 unspecified atom stereocenters. The number of rotatable bonds is 11. The third-order valence-corrected chi connectivity index (χ3v) is 6.64. The first kappa shape index (κ1) is 30.4. The van der Waals surface area contributed by atoms with Gasteiger partial charge in [-0.3, -0.25) is 4.90 Å². The van der Waals surface area contributed by atoms with Crippen molar-refractivity contribution in [1.29, 1.82) is 0 Å². The number of carboxylic acids is 1. The topological polar surface area (TPSA) is 73.2 Å². The van der Waals surface area contributed by atoms with Gasteiger partial charge in [-0.15, -0.1) is 0 Å². The quantitative estimate of drug-likeness (QED) is 0.365. The van der Waals surface area contributed by atoms with Gasteiger partial charge in [0.15, 0.2) is 0 Å². The predicted octanol–water partition coefficient (Wildman–Crippen LogP) is 4.77. The molecule has 1 fully saturated rings. The smallest absolute Gasteiger partial charge is 0.332 e. The summed E-state index contributed by atoms with van der Waals surface area (Å²) >= 11 is 0. The van der Waals surface area contributed by atoms with Crippen LogP contribution in [0.4, 0.5) is 8.78 Å². The molecule has 4 rings (SSSR count). The molecule has 1 atom stereocenters. The zero-order chi connectivity index (χ0) is 28.0. The third-order valence-electron chi connectivity index (χ3n) is 6.64. The molecule has 0 aromatic heterocycles. The number of aliphatic hydroxyl groups is 1. The molecule has 3 aromatic rings. The summed E-state index contributed by atoms with van der Waals surface area (Å²) in [6.07, 6.45) is 0.739. The van der Waals surface area contributed by atoms with Crippen molar-refractivity contribution < 1.29 is 28.5 Å². The minimum atomic E-state index is -1.23. The zero-order valence-electron chi connectivity index (χ0n) is 22.4. The van der Waals surface area contributed by atoms with Crippen molar-refractivity contribution in [2.75, 3.05) is 45.9 Å². The van der Waals surface area contributed by atoms with Crippen molar-refractivity contribution >= 4 is 5.97 Å². The Bertz CT molecular complexity index is 1060. The Morgan fingerprint density at radius 1 is 0.821 bits per heavy atom. The number of carbonyl (C=O) groups is 1. The highest BCUT2D eigenvalue weighted by Gasteiger charge is 2.19. The molecule has 1 saturated heterocycles. The lowest BCUT2D eigenvalue weighted by molar-refractivity contribution is -0.145. The standard InChI is InChI=1S/C28H32F2N2O.C3H6O3/c29-26-12-8-24(9-13-26)28(25-10-14-27(30)15-11-25)33-22-21-32-19-17-31(18-20-32)16-4-7-23-5-2-1-3-6-23;1-2(4)3(5)6/h1-3,5-6,8-15,28H,4,7,16-22H2;2,4H,1H3,(H,5,6). The van der Waals surface area contributed by atoms with Gasteiger partial charge in [-0.2, -0.15) is 0 Å². The maximum atomic E-state index is 13.4. The number of piperazine rings is 1. The Labute approximate surface area is 229 Å². The van der Waals surface area contributed by atoms with Crippen molar-refractivity contribution in [1.82, 2.24) is 9.80 Å². The number of benzene rings is 3. The molecule has 0 saturated carbocycles. The largest absolute Gasteiger partial charge is 0.479 e. The summed E-state index contributed by atoms with van der Waals surface area (Å²) in [5.41, 5.74) is 3.14. The monoisotopic (exact) mass is 540 g/mol. The van der Waals surface area contributed by atoms with Gasteiger partial charge in [0.25, 0.3) is 0 Å². The molecule has 3 aromatic carbocycles. The molecule has 1 aliphatic heterocycles. The van der Waals surface area contributed by atoms with Gasteiger partial charge in [-0.1, -0.05) is 54.6 Å². The molecular weight excluding hydrogens is 502 g/mol. The Hall–Kier alpha value is -3.17. The molecule has 39 heavy (non-hydrogen) atoms. The number of hydrogen-bond donors (Lipinski definition) is 2. The molecule has 0 spiro atoms. The first-order valence-corrected chi connectivity index (χ1v) is 13.3. The molecule has 0 bridgehead atoms. The second kappa shape index (κ2) is 16.1. The van der Waals surface area contributed by atoms with Gasteiger partial charge >= 0.3 is 5.97 Å². The minimum Gasteiger partial charge on any atom is -0.479 e. The summed E-state index contributed by atoms with van der Waals surface area (Å²) in [6, 6.07) is 23.3. The number of nitrogens with zero attached hydrogens (tertiary/aromatic N) is 2. The van der Waals surface area contributed by atoms with Gasteiger partial charge in [0, 0.05) is 32.7 Å². The van der Waals surface area contributed by atoms with Crippen molar-refractivity contribution in [3.05, 3.63) is 107 Å². The van der Waals surface area contributed by atoms with Gasteiger partial charge in [-0.05, 0) is 67.3 Å².